The van der Waals surface area contributed by atoms with Crippen LogP contribution in [-0.2, 0) is 4.74 Å². The van der Waals surface area contributed by atoms with Gasteiger partial charge in [-0.05, 0) is 42.9 Å². The Morgan fingerprint density at radius 3 is 2.72 bits per heavy atom. The molecule has 1 unspecified atom stereocenters. The summed E-state index contributed by atoms with van der Waals surface area (Å²) < 4.78 is 7.21. The van der Waals surface area contributed by atoms with E-state index in [0.29, 0.717) is 29.0 Å². The minimum Gasteiger partial charge on any atom is -0.381 e. The fourth-order valence-electron chi connectivity index (χ4n) is 4.56. The number of hydrogen-bond acceptors (Lipinski definition) is 7. The van der Waals surface area contributed by atoms with E-state index < -0.39 is 0 Å². The molecule has 9 nitrogen and oxygen atoms in total. The second-order valence-corrected chi connectivity index (χ2v) is 11.9. The summed E-state index contributed by atoms with van der Waals surface area (Å²) in [7, 11) is 0. The third kappa shape index (κ3) is 8.24. The SMILES string of the molecule is Cc1cnc(NC2CCOCC2)nc1-n1cnc(C(=O)N[C@H](CNCC(C)(C)C)C(C)c2cccc(Cl)c2)c1. The van der Waals surface area contributed by atoms with Crippen LogP contribution in [0.15, 0.2) is 43.0 Å². The van der Waals surface area contributed by atoms with Crippen LogP contribution >= 0.6 is 11.6 Å². The Morgan fingerprint density at radius 1 is 1.23 bits per heavy atom. The first kappa shape index (κ1) is 29.0. The molecule has 210 valence electrons. The Bertz CT molecular complexity index is 1250. The molecule has 10 heteroatoms. The molecule has 3 aromatic rings. The van der Waals surface area contributed by atoms with Gasteiger partial charge < -0.3 is 20.7 Å². The van der Waals surface area contributed by atoms with E-state index in [4.69, 9.17) is 21.3 Å². The largest absolute Gasteiger partial charge is 0.381 e. The lowest BCUT2D eigenvalue weighted by atomic mass is 9.92. The highest BCUT2D eigenvalue weighted by molar-refractivity contribution is 6.30. The monoisotopic (exact) mass is 553 g/mol. The Morgan fingerprint density at radius 2 is 2.00 bits per heavy atom. The van der Waals surface area contributed by atoms with E-state index in [0.717, 1.165) is 43.7 Å². The zero-order chi connectivity index (χ0) is 28.0. The quantitative estimate of drug-likeness (QED) is 0.332. The van der Waals surface area contributed by atoms with Crippen molar-refractivity contribution >= 4 is 23.5 Å². The molecule has 3 N–H and O–H groups in total. The summed E-state index contributed by atoms with van der Waals surface area (Å²) in [5.74, 6) is 1.03. The van der Waals surface area contributed by atoms with E-state index in [-0.39, 0.29) is 29.3 Å². The molecular weight excluding hydrogens is 514 g/mol. The van der Waals surface area contributed by atoms with E-state index in [1.165, 1.54) is 0 Å². The Labute approximate surface area is 236 Å². The molecule has 0 bridgehead atoms. The highest BCUT2D eigenvalue weighted by atomic mass is 35.5. The Balaban J connectivity index is 1.49. The van der Waals surface area contributed by atoms with E-state index >= 15 is 0 Å². The summed E-state index contributed by atoms with van der Waals surface area (Å²) in [6.07, 6.45) is 6.96. The van der Waals surface area contributed by atoms with Gasteiger partial charge in [0.25, 0.3) is 5.91 Å². The van der Waals surface area contributed by atoms with Crippen LogP contribution in [0.2, 0.25) is 5.02 Å². The van der Waals surface area contributed by atoms with E-state index in [1.54, 1.807) is 23.3 Å². The number of rotatable bonds is 10. The number of halogens is 1. The number of amides is 1. The number of anilines is 1. The highest BCUT2D eigenvalue weighted by Gasteiger charge is 2.24. The number of carbonyl (C=O) groups is 1. The highest BCUT2D eigenvalue weighted by Crippen LogP contribution is 2.23. The van der Waals surface area contributed by atoms with Crippen molar-refractivity contribution in [3.05, 3.63) is 64.8 Å². The summed E-state index contributed by atoms with van der Waals surface area (Å²) >= 11 is 6.26. The maximum absolute atomic E-state index is 13.4. The van der Waals surface area contributed by atoms with Gasteiger partial charge >= 0.3 is 0 Å². The van der Waals surface area contributed by atoms with Gasteiger partial charge in [0.1, 0.15) is 17.8 Å². The number of nitrogens with zero attached hydrogens (tertiary/aromatic N) is 4. The van der Waals surface area contributed by atoms with E-state index in [9.17, 15) is 4.79 Å². The van der Waals surface area contributed by atoms with Crippen molar-refractivity contribution in [3.8, 4) is 5.82 Å². The molecule has 1 aromatic carbocycles. The predicted octanol–water partition coefficient (Wildman–Crippen LogP) is 4.75. The van der Waals surface area contributed by atoms with E-state index in [1.807, 2.05) is 31.2 Å². The van der Waals surface area contributed by atoms with Crippen LogP contribution in [0.3, 0.4) is 0 Å². The second-order valence-electron chi connectivity index (χ2n) is 11.5. The molecule has 2 atom stereocenters. The van der Waals surface area contributed by atoms with Crippen LogP contribution < -0.4 is 16.0 Å². The summed E-state index contributed by atoms with van der Waals surface area (Å²) in [6.45, 7) is 13.5. The molecule has 2 aromatic heterocycles. The summed E-state index contributed by atoms with van der Waals surface area (Å²) in [4.78, 5) is 27.0. The first-order valence-electron chi connectivity index (χ1n) is 13.6. The normalized spacial score (nSPS) is 16.1. The molecule has 1 aliphatic heterocycles. The number of aryl methyl sites for hydroxylation is 1. The number of carbonyl (C=O) groups excluding carboxylic acids is 1. The summed E-state index contributed by atoms with van der Waals surface area (Å²) in [5.41, 5.74) is 2.40. The van der Waals surface area contributed by atoms with Gasteiger partial charge in [-0.25, -0.2) is 9.97 Å². The van der Waals surface area contributed by atoms with Gasteiger partial charge in [-0.1, -0.05) is 51.4 Å². The van der Waals surface area contributed by atoms with Crippen LogP contribution in [0.1, 0.15) is 68.1 Å². The first-order valence-corrected chi connectivity index (χ1v) is 14.0. The molecule has 0 saturated carbocycles. The van der Waals surface area contributed by atoms with Gasteiger partial charge in [-0.3, -0.25) is 9.36 Å². The van der Waals surface area contributed by atoms with Gasteiger partial charge in [0, 0.05) is 67.3 Å². The molecule has 1 fully saturated rings. The number of benzene rings is 1. The van der Waals surface area contributed by atoms with Crippen molar-refractivity contribution in [2.75, 3.05) is 31.6 Å². The fourth-order valence-corrected chi connectivity index (χ4v) is 4.76. The Kier molecular flexibility index (Phi) is 9.58. The maximum Gasteiger partial charge on any atom is 0.271 e. The van der Waals surface area contributed by atoms with Gasteiger partial charge in [-0.15, -0.1) is 0 Å². The number of ether oxygens (including phenoxy) is 1. The summed E-state index contributed by atoms with van der Waals surface area (Å²) in [5, 5.41) is 10.8. The lowest BCUT2D eigenvalue weighted by Gasteiger charge is -2.28. The maximum atomic E-state index is 13.4. The molecule has 1 amide bonds. The minimum atomic E-state index is -0.238. The summed E-state index contributed by atoms with van der Waals surface area (Å²) in [6, 6.07) is 7.90. The number of aromatic nitrogens is 4. The minimum absolute atomic E-state index is 0.0325. The van der Waals surface area contributed by atoms with Crippen LogP contribution in [0.4, 0.5) is 5.95 Å². The number of hydrogen-bond donors (Lipinski definition) is 3. The average Bonchev–Trinajstić information content (AvgIpc) is 3.39. The van der Waals surface area contributed by atoms with Crippen LogP contribution in [0.25, 0.3) is 5.82 Å². The standard InChI is InChI=1S/C29H40ClN7O2/c1-19-14-32-28(34-23-9-11-39-12-10-23)36-26(19)37-16-25(33-18-37)27(38)35-24(15-31-17-29(3,4)5)20(2)21-7-6-8-22(30)13-21/h6-8,13-14,16,18,20,23-24,31H,9-12,15,17H2,1-5H3,(H,35,38)(H,32,34,36)/t20?,24-/m1/s1. The molecule has 3 heterocycles. The lowest BCUT2D eigenvalue weighted by molar-refractivity contribution is 0.0902. The molecule has 0 spiro atoms. The van der Waals surface area contributed by atoms with Crippen molar-refractivity contribution in [1.29, 1.82) is 0 Å². The van der Waals surface area contributed by atoms with Crippen molar-refractivity contribution in [1.82, 2.24) is 30.2 Å². The molecule has 1 aliphatic rings. The van der Waals surface area contributed by atoms with Gasteiger partial charge in [-0.2, -0.15) is 4.98 Å². The zero-order valence-electron chi connectivity index (χ0n) is 23.5. The third-order valence-corrected chi connectivity index (χ3v) is 7.11. The molecule has 39 heavy (non-hydrogen) atoms. The molecular formula is C29H40ClN7O2. The zero-order valence-corrected chi connectivity index (χ0v) is 24.3. The van der Waals surface area contributed by atoms with Gasteiger partial charge in [0.2, 0.25) is 5.95 Å². The van der Waals surface area contributed by atoms with E-state index in [2.05, 4.69) is 53.6 Å². The number of imidazole rings is 1. The fraction of sp³-hybridized carbons (Fsp3) is 0.517. The predicted molar refractivity (Wildman–Crippen MR) is 155 cm³/mol. The van der Waals surface area contributed by atoms with Gasteiger partial charge in [0.15, 0.2) is 0 Å². The molecule has 0 aliphatic carbocycles. The van der Waals surface area contributed by atoms with Crippen molar-refractivity contribution in [3.63, 3.8) is 0 Å². The van der Waals surface area contributed by atoms with Crippen molar-refractivity contribution in [2.45, 2.75) is 65.5 Å². The third-order valence-electron chi connectivity index (χ3n) is 6.87. The topological polar surface area (TPSA) is 106 Å². The number of nitrogens with one attached hydrogen (secondary N) is 3. The Hall–Kier alpha value is -3.01. The molecule has 4 rings (SSSR count). The van der Waals surface area contributed by atoms with Crippen LogP contribution in [0, 0.1) is 12.3 Å². The lowest BCUT2D eigenvalue weighted by Crippen LogP contribution is -2.46. The second kappa shape index (κ2) is 12.9. The van der Waals surface area contributed by atoms with Crippen LogP contribution in [0.5, 0.6) is 0 Å². The molecule has 0 radical (unpaired) electrons. The average molecular weight is 554 g/mol. The van der Waals surface area contributed by atoms with Crippen molar-refractivity contribution < 1.29 is 9.53 Å². The molecule has 1 saturated heterocycles. The smallest absolute Gasteiger partial charge is 0.271 e. The van der Waals surface area contributed by atoms with Gasteiger partial charge in [0.05, 0.1) is 0 Å². The first-order chi connectivity index (χ1) is 18.6. The van der Waals surface area contributed by atoms with Crippen LogP contribution in [-0.4, -0.2) is 63.8 Å². The van der Waals surface area contributed by atoms with Crippen molar-refractivity contribution in [2.24, 2.45) is 5.41 Å².